The highest BCUT2D eigenvalue weighted by Gasteiger charge is 1.95. The molecule has 0 spiro atoms. The maximum atomic E-state index is 10.9. The van der Waals surface area contributed by atoms with E-state index in [2.05, 4.69) is 9.72 Å². The highest BCUT2D eigenvalue weighted by Crippen LogP contribution is 2.08. The molecule has 20 heavy (non-hydrogen) atoms. The molecule has 0 aliphatic heterocycles. The number of carbonyl (C=O) groups excluding carboxylic acids is 1. The summed E-state index contributed by atoms with van der Waals surface area (Å²) in [6.45, 7) is 0.793. The first-order valence-corrected chi connectivity index (χ1v) is 5.58. The Morgan fingerprint density at radius 3 is 2.55 bits per heavy atom. The van der Waals surface area contributed by atoms with Gasteiger partial charge in [-0.05, 0) is 17.2 Å². The van der Waals surface area contributed by atoms with Gasteiger partial charge in [0.2, 0.25) is 0 Å². The molecule has 0 saturated carbocycles. The van der Waals surface area contributed by atoms with Crippen LogP contribution < -0.4 is 0 Å². The molecule has 2 rings (SSSR count). The maximum absolute atomic E-state index is 10.9. The second-order valence-electron chi connectivity index (χ2n) is 3.83. The van der Waals surface area contributed by atoms with E-state index >= 15 is 0 Å². The second kappa shape index (κ2) is 8.63. The Kier molecular flexibility index (Phi) is 7.57. The number of methoxy groups -OCH3 is 1. The number of aromatic nitrogens is 2. The average molecular weight is 278 g/mol. The summed E-state index contributed by atoms with van der Waals surface area (Å²) in [5.41, 5.74) is 2.15. The Morgan fingerprint density at radius 1 is 1.30 bits per heavy atom. The van der Waals surface area contributed by atoms with Crippen molar-refractivity contribution in [2.75, 3.05) is 7.11 Å². The number of hydrogen-bond donors (Lipinski definition) is 0. The van der Waals surface area contributed by atoms with Crippen molar-refractivity contribution in [2.45, 2.75) is 6.54 Å². The van der Waals surface area contributed by atoms with Crippen LogP contribution in [0.1, 0.15) is 11.1 Å². The summed E-state index contributed by atoms with van der Waals surface area (Å²) in [6.07, 6.45) is 8.60. The van der Waals surface area contributed by atoms with Crippen molar-refractivity contribution in [3.8, 4) is 0 Å². The topological polar surface area (TPSA) is 107 Å². The van der Waals surface area contributed by atoms with Gasteiger partial charge in [0.15, 0.2) is 0 Å². The maximum Gasteiger partial charge on any atom is 0.330 e. The van der Waals surface area contributed by atoms with Crippen molar-refractivity contribution in [1.82, 2.24) is 9.55 Å². The van der Waals surface area contributed by atoms with Gasteiger partial charge in [0.05, 0.1) is 13.4 Å². The first-order valence-electron chi connectivity index (χ1n) is 5.58. The van der Waals surface area contributed by atoms with Gasteiger partial charge in [-0.2, -0.15) is 0 Å². The van der Waals surface area contributed by atoms with E-state index in [4.69, 9.17) is 0 Å². The predicted octanol–water partition coefficient (Wildman–Crippen LogP) is 0.468. The van der Waals surface area contributed by atoms with E-state index in [1.807, 2.05) is 35.0 Å². The molecule has 1 aromatic heterocycles. The largest absolute Gasteiger partial charge is 0.466 e. The second-order valence-corrected chi connectivity index (χ2v) is 3.83. The lowest BCUT2D eigenvalue weighted by atomic mass is 10.1. The van der Waals surface area contributed by atoms with Crippen LogP contribution in [0.2, 0.25) is 0 Å². The van der Waals surface area contributed by atoms with Gasteiger partial charge < -0.3 is 20.3 Å². The van der Waals surface area contributed by atoms with Gasteiger partial charge in [-0.25, -0.2) is 9.78 Å². The Morgan fingerprint density at radius 2 is 2.00 bits per heavy atom. The van der Waals surface area contributed by atoms with Crippen molar-refractivity contribution in [3.05, 3.63) is 60.2 Å². The molecule has 0 atom stereocenters. The monoisotopic (exact) mass is 278 g/mol. The smallest absolute Gasteiger partial charge is 0.330 e. The average Bonchev–Trinajstić information content (AvgIpc) is 2.90. The Bertz CT molecular complexity index is 533. The molecule has 1 heterocycles. The molecule has 2 aromatic rings. The first kappa shape index (κ1) is 17.6. The predicted molar refractivity (Wildman–Crippen MR) is 76.0 cm³/mol. The van der Waals surface area contributed by atoms with Gasteiger partial charge >= 0.3 is 5.97 Å². The number of rotatable bonds is 4. The third kappa shape index (κ3) is 5.05. The molecule has 0 saturated heterocycles. The number of imidazole rings is 1. The van der Waals surface area contributed by atoms with E-state index in [1.54, 1.807) is 18.6 Å². The fourth-order valence-electron chi connectivity index (χ4n) is 1.56. The number of hydrogen-bond acceptors (Lipinski definition) is 3. The van der Waals surface area contributed by atoms with Gasteiger partial charge in [-0.15, -0.1) is 0 Å². The van der Waals surface area contributed by atoms with E-state index in [0.717, 1.165) is 12.1 Å². The molecular formula is C14H18N2O4. The van der Waals surface area contributed by atoms with Crippen LogP contribution in [0, 0.1) is 0 Å². The van der Waals surface area contributed by atoms with E-state index in [9.17, 15) is 4.79 Å². The molecule has 6 nitrogen and oxygen atoms in total. The highest BCUT2D eigenvalue weighted by atomic mass is 16.5. The van der Waals surface area contributed by atoms with Gasteiger partial charge in [-0.1, -0.05) is 24.3 Å². The summed E-state index contributed by atoms with van der Waals surface area (Å²) < 4.78 is 6.53. The molecule has 0 aliphatic rings. The molecular weight excluding hydrogens is 260 g/mol. The number of carbonyl (C=O) groups is 1. The van der Waals surface area contributed by atoms with Gasteiger partial charge in [0.25, 0.3) is 0 Å². The third-order valence-corrected chi connectivity index (χ3v) is 2.52. The minimum atomic E-state index is -0.350. The van der Waals surface area contributed by atoms with Crippen LogP contribution >= 0.6 is 0 Å². The summed E-state index contributed by atoms with van der Waals surface area (Å²) in [4.78, 5) is 14.9. The molecule has 0 aliphatic carbocycles. The minimum absolute atomic E-state index is 0. The summed E-state index contributed by atoms with van der Waals surface area (Å²) in [6, 6.07) is 7.98. The van der Waals surface area contributed by atoms with Crippen LogP contribution in [0.15, 0.2) is 49.1 Å². The number of nitrogens with zero attached hydrogens (tertiary/aromatic N) is 2. The van der Waals surface area contributed by atoms with E-state index in [1.165, 1.54) is 18.7 Å². The fourth-order valence-corrected chi connectivity index (χ4v) is 1.56. The molecule has 1 aromatic carbocycles. The normalized spacial score (nSPS) is 9.65. The SMILES string of the molecule is COC(=O)/C=C/c1ccc(Cn2ccnc2)cc1.O.O. The van der Waals surface area contributed by atoms with Crippen LogP contribution in [0.5, 0.6) is 0 Å². The van der Waals surface area contributed by atoms with Crippen molar-refractivity contribution < 1.29 is 20.5 Å². The summed E-state index contributed by atoms with van der Waals surface area (Å²) in [5, 5.41) is 0. The summed E-state index contributed by atoms with van der Waals surface area (Å²) >= 11 is 0. The molecule has 0 radical (unpaired) electrons. The van der Waals surface area contributed by atoms with Crippen LogP contribution in [0.4, 0.5) is 0 Å². The van der Waals surface area contributed by atoms with Crippen molar-refractivity contribution >= 4 is 12.0 Å². The van der Waals surface area contributed by atoms with Gasteiger partial charge in [0, 0.05) is 25.0 Å². The zero-order valence-corrected chi connectivity index (χ0v) is 11.1. The first-order chi connectivity index (χ1) is 8.78. The van der Waals surface area contributed by atoms with E-state index < -0.39 is 0 Å². The van der Waals surface area contributed by atoms with E-state index in [-0.39, 0.29) is 16.9 Å². The zero-order chi connectivity index (χ0) is 12.8. The molecule has 108 valence electrons. The molecule has 6 heteroatoms. The van der Waals surface area contributed by atoms with Gasteiger partial charge in [0.1, 0.15) is 0 Å². The van der Waals surface area contributed by atoms with Crippen molar-refractivity contribution in [1.29, 1.82) is 0 Å². The van der Waals surface area contributed by atoms with Gasteiger partial charge in [-0.3, -0.25) is 0 Å². The lowest BCUT2D eigenvalue weighted by Gasteiger charge is -2.02. The lowest BCUT2D eigenvalue weighted by molar-refractivity contribution is -0.134. The fraction of sp³-hybridized carbons (Fsp3) is 0.143. The summed E-state index contributed by atoms with van der Waals surface area (Å²) in [5.74, 6) is -0.350. The minimum Gasteiger partial charge on any atom is -0.466 e. The van der Waals surface area contributed by atoms with Crippen molar-refractivity contribution in [2.24, 2.45) is 0 Å². The Balaban J connectivity index is 0.00000180. The number of benzene rings is 1. The third-order valence-electron chi connectivity index (χ3n) is 2.52. The van der Waals surface area contributed by atoms with Crippen LogP contribution in [0.25, 0.3) is 6.08 Å². The zero-order valence-electron chi connectivity index (χ0n) is 11.1. The lowest BCUT2D eigenvalue weighted by Crippen LogP contribution is -1.96. The highest BCUT2D eigenvalue weighted by molar-refractivity contribution is 5.86. The standard InChI is InChI=1S/C14H14N2O2.2H2O/c1-18-14(17)7-6-12-2-4-13(5-3-12)10-16-9-8-15-11-16;;/h2-9,11H,10H2,1H3;2*1H2/b7-6+;;. The number of esters is 1. The van der Waals surface area contributed by atoms with Crippen molar-refractivity contribution in [3.63, 3.8) is 0 Å². The molecule has 0 unspecified atom stereocenters. The van der Waals surface area contributed by atoms with Crippen LogP contribution in [-0.4, -0.2) is 33.6 Å². The summed E-state index contributed by atoms with van der Waals surface area (Å²) in [7, 11) is 1.36. The van der Waals surface area contributed by atoms with Crippen LogP contribution in [0.3, 0.4) is 0 Å². The molecule has 0 amide bonds. The van der Waals surface area contributed by atoms with E-state index in [0.29, 0.717) is 0 Å². The molecule has 0 bridgehead atoms. The van der Waals surface area contributed by atoms with Crippen LogP contribution in [-0.2, 0) is 16.1 Å². The molecule has 4 N–H and O–H groups in total. The molecule has 0 fully saturated rings. The number of ether oxygens (including phenoxy) is 1. The Hall–Kier alpha value is -2.44. The quantitative estimate of drug-likeness (QED) is 0.599. The Labute approximate surface area is 116 Å².